The summed E-state index contributed by atoms with van der Waals surface area (Å²) < 4.78 is 0. The maximum Gasteiger partial charge on any atom is 0.245 e. The van der Waals surface area contributed by atoms with E-state index in [4.69, 9.17) is 11.6 Å². The SMILES string of the molecule is CNC1CCN(c2n[nH]c(-c3cccc(Cl)c3)n2)CC1. The van der Waals surface area contributed by atoms with Crippen LogP contribution in [0.3, 0.4) is 0 Å². The Morgan fingerprint density at radius 2 is 2.15 bits per heavy atom. The third-order valence-corrected chi connectivity index (χ3v) is 3.99. The molecule has 1 saturated heterocycles. The number of hydrogen-bond acceptors (Lipinski definition) is 4. The lowest BCUT2D eigenvalue weighted by molar-refractivity contribution is 0.439. The molecule has 2 aromatic rings. The topological polar surface area (TPSA) is 56.8 Å². The predicted octanol–water partition coefficient (Wildman–Crippen LogP) is 2.31. The van der Waals surface area contributed by atoms with Crippen LogP contribution in [0.1, 0.15) is 12.8 Å². The van der Waals surface area contributed by atoms with Crippen molar-refractivity contribution in [1.82, 2.24) is 20.5 Å². The molecule has 3 rings (SSSR count). The van der Waals surface area contributed by atoms with Crippen molar-refractivity contribution < 1.29 is 0 Å². The number of piperidine rings is 1. The van der Waals surface area contributed by atoms with Crippen molar-refractivity contribution in [3.8, 4) is 11.4 Å². The van der Waals surface area contributed by atoms with E-state index in [0.29, 0.717) is 11.1 Å². The van der Waals surface area contributed by atoms with Crippen LogP contribution in [0, 0.1) is 0 Å². The number of anilines is 1. The Kier molecular flexibility index (Phi) is 3.89. The van der Waals surface area contributed by atoms with Crippen LogP contribution in [-0.2, 0) is 0 Å². The first-order valence-electron chi connectivity index (χ1n) is 6.87. The second-order valence-corrected chi connectivity index (χ2v) is 5.48. The number of benzene rings is 1. The zero-order valence-corrected chi connectivity index (χ0v) is 12.2. The van der Waals surface area contributed by atoms with Crippen LogP contribution in [0.2, 0.25) is 5.02 Å². The Hall–Kier alpha value is -1.59. The molecule has 20 heavy (non-hydrogen) atoms. The van der Waals surface area contributed by atoms with E-state index in [0.717, 1.165) is 43.3 Å². The smallest absolute Gasteiger partial charge is 0.245 e. The quantitative estimate of drug-likeness (QED) is 0.911. The van der Waals surface area contributed by atoms with Gasteiger partial charge in [0.25, 0.3) is 0 Å². The molecule has 2 heterocycles. The predicted molar refractivity (Wildman–Crippen MR) is 81.1 cm³/mol. The fourth-order valence-electron chi connectivity index (χ4n) is 2.53. The molecule has 0 unspecified atom stereocenters. The van der Waals surface area contributed by atoms with Gasteiger partial charge < -0.3 is 10.2 Å². The highest BCUT2D eigenvalue weighted by atomic mass is 35.5. The van der Waals surface area contributed by atoms with E-state index in [-0.39, 0.29) is 0 Å². The van der Waals surface area contributed by atoms with Crippen LogP contribution in [0.15, 0.2) is 24.3 Å². The van der Waals surface area contributed by atoms with Crippen LogP contribution in [-0.4, -0.2) is 41.4 Å². The lowest BCUT2D eigenvalue weighted by Crippen LogP contribution is -2.41. The molecule has 0 radical (unpaired) electrons. The number of aromatic amines is 1. The zero-order chi connectivity index (χ0) is 13.9. The monoisotopic (exact) mass is 291 g/mol. The largest absolute Gasteiger partial charge is 0.339 e. The summed E-state index contributed by atoms with van der Waals surface area (Å²) in [7, 11) is 2.02. The second kappa shape index (κ2) is 5.81. The van der Waals surface area contributed by atoms with Gasteiger partial charge in [-0.1, -0.05) is 23.7 Å². The second-order valence-electron chi connectivity index (χ2n) is 5.04. The molecule has 0 bridgehead atoms. The first-order valence-corrected chi connectivity index (χ1v) is 7.24. The zero-order valence-electron chi connectivity index (χ0n) is 11.4. The van der Waals surface area contributed by atoms with Gasteiger partial charge >= 0.3 is 0 Å². The molecule has 0 spiro atoms. The van der Waals surface area contributed by atoms with E-state index in [1.165, 1.54) is 0 Å². The van der Waals surface area contributed by atoms with E-state index < -0.39 is 0 Å². The highest BCUT2D eigenvalue weighted by molar-refractivity contribution is 6.30. The van der Waals surface area contributed by atoms with Gasteiger partial charge in [0, 0.05) is 29.7 Å². The molecule has 1 aromatic heterocycles. The van der Waals surface area contributed by atoms with Crippen LogP contribution >= 0.6 is 11.6 Å². The summed E-state index contributed by atoms with van der Waals surface area (Å²) in [6.45, 7) is 1.97. The summed E-state index contributed by atoms with van der Waals surface area (Å²) in [4.78, 5) is 6.80. The fraction of sp³-hybridized carbons (Fsp3) is 0.429. The van der Waals surface area contributed by atoms with Gasteiger partial charge in [-0.3, -0.25) is 5.10 Å². The van der Waals surface area contributed by atoms with E-state index in [2.05, 4.69) is 25.4 Å². The molecule has 0 amide bonds. The molecule has 1 aliphatic heterocycles. The molecule has 2 N–H and O–H groups in total. The van der Waals surface area contributed by atoms with E-state index in [9.17, 15) is 0 Å². The number of aromatic nitrogens is 3. The molecule has 1 fully saturated rings. The van der Waals surface area contributed by atoms with Gasteiger partial charge in [0.2, 0.25) is 5.95 Å². The Bertz CT molecular complexity index is 574. The van der Waals surface area contributed by atoms with Crippen molar-refractivity contribution in [2.45, 2.75) is 18.9 Å². The Balaban J connectivity index is 1.74. The van der Waals surface area contributed by atoms with Crippen molar-refractivity contribution in [3.05, 3.63) is 29.3 Å². The van der Waals surface area contributed by atoms with Gasteiger partial charge in [-0.25, -0.2) is 0 Å². The number of hydrogen-bond donors (Lipinski definition) is 2. The molecule has 1 aliphatic rings. The van der Waals surface area contributed by atoms with Crippen molar-refractivity contribution in [3.63, 3.8) is 0 Å². The minimum absolute atomic E-state index is 0.609. The Morgan fingerprint density at radius 1 is 1.35 bits per heavy atom. The van der Waals surface area contributed by atoms with Gasteiger partial charge in [0.05, 0.1) is 0 Å². The third kappa shape index (κ3) is 2.78. The van der Waals surface area contributed by atoms with Gasteiger partial charge in [-0.05, 0) is 32.0 Å². The summed E-state index contributed by atoms with van der Waals surface area (Å²) in [5.41, 5.74) is 0.960. The molecule has 0 atom stereocenters. The molecule has 106 valence electrons. The molecular weight excluding hydrogens is 274 g/mol. The maximum atomic E-state index is 6.00. The molecule has 0 aliphatic carbocycles. The van der Waals surface area contributed by atoms with Crippen LogP contribution in [0.4, 0.5) is 5.95 Å². The number of H-pyrrole nitrogens is 1. The number of nitrogens with zero attached hydrogens (tertiary/aromatic N) is 3. The van der Waals surface area contributed by atoms with Gasteiger partial charge in [0.1, 0.15) is 0 Å². The normalized spacial score (nSPS) is 16.6. The summed E-state index contributed by atoms with van der Waals surface area (Å²) in [5.74, 6) is 1.53. The molecule has 0 saturated carbocycles. The van der Waals surface area contributed by atoms with Crippen molar-refractivity contribution in [2.24, 2.45) is 0 Å². The van der Waals surface area contributed by atoms with E-state index in [1.807, 2.05) is 31.3 Å². The first-order chi connectivity index (χ1) is 9.76. The first kappa shape index (κ1) is 13.4. The number of nitrogens with one attached hydrogen (secondary N) is 2. The summed E-state index contributed by atoms with van der Waals surface area (Å²) >= 11 is 6.00. The highest BCUT2D eigenvalue weighted by Gasteiger charge is 2.20. The molecule has 6 heteroatoms. The number of halogens is 1. The summed E-state index contributed by atoms with van der Waals surface area (Å²) in [6, 6.07) is 8.24. The molecule has 1 aromatic carbocycles. The lowest BCUT2D eigenvalue weighted by Gasteiger charge is -2.30. The van der Waals surface area contributed by atoms with E-state index in [1.54, 1.807) is 0 Å². The van der Waals surface area contributed by atoms with E-state index >= 15 is 0 Å². The minimum Gasteiger partial charge on any atom is -0.339 e. The van der Waals surface area contributed by atoms with Crippen LogP contribution in [0.25, 0.3) is 11.4 Å². The van der Waals surface area contributed by atoms with Gasteiger partial charge in [0.15, 0.2) is 5.82 Å². The summed E-state index contributed by atoms with van der Waals surface area (Å²) in [5, 5.41) is 11.3. The highest BCUT2D eigenvalue weighted by Crippen LogP contribution is 2.22. The average Bonchev–Trinajstić information content (AvgIpc) is 2.97. The molecule has 5 nitrogen and oxygen atoms in total. The standard InChI is InChI=1S/C14H18ClN5/c1-16-12-5-7-20(8-6-12)14-17-13(18-19-14)10-3-2-4-11(15)9-10/h2-4,9,12,16H,5-8H2,1H3,(H,17,18,19). The van der Waals surface area contributed by atoms with Gasteiger partial charge in [-0.15, -0.1) is 5.10 Å². The number of rotatable bonds is 3. The fourth-order valence-corrected chi connectivity index (χ4v) is 2.72. The van der Waals surface area contributed by atoms with Crippen LogP contribution in [0.5, 0.6) is 0 Å². The Morgan fingerprint density at radius 3 is 2.85 bits per heavy atom. The van der Waals surface area contributed by atoms with Crippen molar-refractivity contribution in [1.29, 1.82) is 0 Å². The maximum absolute atomic E-state index is 6.00. The Labute approximate surface area is 123 Å². The van der Waals surface area contributed by atoms with Gasteiger partial charge in [-0.2, -0.15) is 4.98 Å². The molecular formula is C14H18ClN5. The van der Waals surface area contributed by atoms with Crippen molar-refractivity contribution in [2.75, 3.05) is 25.0 Å². The summed E-state index contributed by atoms with van der Waals surface area (Å²) in [6.07, 6.45) is 2.25. The third-order valence-electron chi connectivity index (χ3n) is 3.76. The minimum atomic E-state index is 0.609. The average molecular weight is 292 g/mol. The van der Waals surface area contributed by atoms with Crippen LogP contribution < -0.4 is 10.2 Å². The van der Waals surface area contributed by atoms with Crippen molar-refractivity contribution >= 4 is 17.5 Å². The lowest BCUT2D eigenvalue weighted by atomic mass is 10.1.